The van der Waals surface area contributed by atoms with Gasteiger partial charge in [0.2, 0.25) is 34.7 Å². The largest absolute Gasteiger partial charge is 0.476 e. The third-order valence-electron chi connectivity index (χ3n) is 21.3. The molecule has 4 N–H and O–H groups in total. The first kappa shape index (κ1) is 66.6. The molecule has 0 saturated carbocycles. The van der Waals surface area contributed by atoms with Gasteiger partial charge in [0, 0.05) is 20.6 Å². The zero-order valence-corrected chi connectivity index (χ0v) is 62.7. The molecule has 2 spiro atoms. The Labute approximate surface area is 470 Å². The number of rotatable bonds is 9. The molecule has 0 atom stereocenters. The minimum atomic E-state index is -1.40. The van der Waals surface area contributed by atoms with Gasteiger partial charge in [-0.2, -0.15) is 0 Å². The van der Waals surface area contributed by atoms with Gasteiger partial charge in [0.15, 0.2) is 6.85 Å². The smallest absolute Gasteiger partial charge is 0.431 e. The molecule has 7 aliphatic rings. The van der Waals surface area contributed by atoms with Crippen LogP contribution >= 0.6 is 0 Å². The quantitative estimate of drug-likeness (QED) is 0.170. The van der Waals surface area contributed by atoms with Crippen molar-refractivity contribution in [3.63, 3.8) is 0 Å². The van der Waals surface area contributed by atoms with Gasteiger partial charge in [0.05, 0.1) is 0 Å². The summed E-state index contributed by atoms with van der Waals surface area (Å²) in [6.07, 6.45) is 1.35. The van der Waals surface area contributed by atoms with Crippen molar-refractivity contribution in [3.8, 4) is 0 Å². The summed E-state index contributed by atoms with van der Waals surface area (Å²) in [6.45, 7) is 72.7. The summed E-state index contributed by atoms with van der Waals surface area (Å²) in [6, 6.07) is 0. The van der Waals surface area contributed by atoms with E-state index in [1.54, 1.807) is 4.91 Å². The second kappa shape index (κ2) is 22.1. The summed E-state index contributed by atoms with van der Waals surface area (Å²) in [5.41, 5.74) is 0. The Morgan fingerprint density at radius 1 is 0.592 bits per heavy atom. The van der Waals surface area contributed by atoms with E-state index < -0.39 is 90.6 Å². The Morgan fingerprint density at radius 2 is 0.930 bits per heavy atom. The SMILES string of the molecule is CB(C)N1C(C)(C)[Si]2(CB([CH2][Al]([CH3])[CH3])N2)C1(C)C.CB(C)[CH2][Al]1[CH2][Si]2([NH]1)C(C)(C)N(B(C)C)C2(C)C.CC(C)CB1C[Si](C(C)(C)C)(C(C)(C)C)N1.C[N]1[Al]([CH3])[N](B2C[Si](C(C)(C)C)(C(C)(C)C)N2)[Al]1[CH3]. The van der Waals surface area contributed by atoms with E-state index in [0.717, 1.165) is 33.3 Å². The Hall–Kier alpha value is 3.07. The maximum absolute atomic E-state index is 4.23. The van der Waals surface area contributed by atoms with Crippen molar-refractivity contribution in [1.82, 2.24) is 33.9 Å². The molecule has 0 unspecified atom stereocenters. The molecule has 7 fully saturated rings. The van der Waals surface area contributed by atoms with Crippen molar-refractivity contribution in [2.24, 2.45) is 5.92 Å². The molecule has 0 bridgehead atoms. The van der Waals surface area contributed by atoms with Gasteiger partial charge in [-0.25, -0.2) is 0 Å². The average molecular weight is 1100 g/mol. The molecule has 0 amide bonds. The van der Waals surface area contributed by atoms with Crippen LogP contribution in [0.25, 0.3) is 0 Å². The summed E-state index contributed by atoms with van der Waals surface area (Å²) in [5, 5.41) is 6.58. The van der Waals surface area contributed by atoms with Crippen LogP contribution in [0.15, 0.2) is 0 Å². The first-order valence-corrected chi connectivity index (χ1v) is 48.3. The Morgan fingerprint density at radius 3 is 1.23 bits per heavy atom. The van der Waals surface area contributed by atoms with Crippen LogP contribution in [0.4, 0.5) is 0 Å². The lowest BCUT2D eigenvalue weighted by Crippen LogP contribution is -3.03. The lowest BCUT2D eigenvalue weighted by Gasteiger charge is -2.80. The molecule has 0 aromatic heterocycles. The predicted molar refractivity (Wildman–Crippen MR) is 349 cm³/mol. The summed E-state index contributed by atoms with van der Waals surface area (Å²) >= 11 is -2.48. The minimum absolute atomic E-state index is 0.415. The van der Waals surface area contributed by atoms with Crippen LogP contribution in [-0.2, 0) is 0 Å². The zero-order valence-electron chi connectivity index (χ0n) is 54.1. The van der Waals surface area contributed by atoms with Crippen molar-refractivity contribution in [1.29, 1.82) is 0 Å². The molecular weight excluding hydrogens is 986 g/mol. The topological polar surface area (TPSA) is 61.1 Å². The minimum Gasteiger partial charge on any atom is -0.476 e. The maximum Gasteiger partial charge on any atom is 0.431 e. The van der Waals surface area contributed by atoms with Gasteiger partial charge in [-0.05, 0) is 87.4 Å². The van der Waals surface area contributed by atoms with Crippen molar-refractivity contribution in [2.75, 3.05) is 7.05 Å². The molecule has 400 valence electrons. The molecule has 0 aromatic carbocycles. The first-order chi connectivity index (χ1) is 31.5. The molecule has 71 heavy (non-hydrogen) atoms. The van der Waals surface area contributed by atoms with Gasteiger partial charge in [-0.3, -0.25) is 0 Å². The fourth-order valence-corrected chi connectivity index (χ4v) is 66.2. The van der Waals surface area contributed by atoms with E-state index in [-0.39, 0.29) is 0 Å². The van der Waals surface area contributed by atoms with Gasteiger partial charge in [0.25, 0.3) is 6.98 Å². The highest BCUT2D eigenvalue weighted by molar-refractivity contribution is 7.11. The molecule has 7 heterocycles. The summed E-state index contributed by atoms with van der Waals surface area (Å²) in [4.78, 5) is 19.5. The van der Waals surface area contributed by atoms with Crippen LogP contribution in [0.5, 0.6) is 0 Å². The third kappa shape index (κ3) is 11.5. The van der Waals surface area contributed by atoms with Crippen LogP contribution in [0.2, 0.25) is 124 Å². The Kier molecular flexibility index (Phi) is 20.7. The number of hydrogen-bond donors (Lipinski definition) is 4. The van der Waals surface area contributed by atoms with Crippen molar-refractivity contribution in [2.45, 2.75) is 297 Å². The highest BCUT2D eigenvalue weighted by Crippen LogP contribution is 2.59. The maximum atomic E-state index is 4.23. The van der Waals surface area contributed by atoms with Gasteiger partial charge >= 0.3 is 43.5 Å². The van der Waals surface area contributed by atoms with E-state index in [1.807, 2.05) is 0 Å². The summed E-state index contributed by atoms with van der Waals surface area (Å²) in [5.74, 6) is 15.2. The van der Waals surface area contributed by atoms with Crippen LogP contribution < -0.4 is 18.6 Å². The third-order valence-corrected chi connectivity index (χ3v) is 67.8. The zero-order chi connectivity index (χ0) is 55.4. The molecule has 8 nitrogen and oxygen atoms in total. The van der Waals surface area contributed by atoms with Crippen molar-refractivity contribution >= 4 is 132 Å². The van der Waals surface area contributed by atoms with E-state index in [9.17, 15) is 0 Å². The highest BCUT2D eigenvalue weighted by atomic mass is 28.4. The van der Waals surface area contributed by atoms with E-state index in [1.165, 1.54) is 34.5 Å². The van der Waals surface area contributed by atoms with Crippen molar-refractivity contribution < 1.29 is 0 Å². The normalized spacial score (nSPS) is 25.6. The van der Waals surface area contributed by atoms with E-state index in [2.05, 4.69) is 257 Å². The lowest BCUT2D eigenvalue weighted by atomic mass is 9.57. The van der Waals surface area contributed by atoms with Crippen LogP contribution in [0.1, 0.15) is 152 Å². The van der Waals surface area contributed by atoms with Crippen LogP contribution in [-0.4, -0.2) is 175 Å². The standard InChI is InChI=1S/C13H30BNSi.C10H23B2N2Si.2C9H21BN2Si.C3H8B.CH3N.4CH3.4Al/c1-11(2)9-14-10-16(15-14,12(3,4)5)13(6,7)8;1-9(2)14(11(5)6)10(3,4)15(9)8-12(7)13-15;1-8(2)12(10(5)6)9(3,4)13(8,7)11;1-8(2,3)13(9(4,5)6)7-10(11)12-13;1-4(2)3;1-2;;;;;;;;/h11,15H,9-10H2,1-8H3;13H,7-8H2,1-6H3;11H,7H2,1-6H3;12H,7H2,1-6H3;1H2,2-3H3;1H3;4*1H3;;;;/q;;-1;;;;;;;;;;;+1. The Bertz CT molecular complexity index is 1660. The molecule has 7 rings (SSSR count). The molecule has 7 aliphatic heterocycles. The predicted octanol–water partition coefficient (Wildman–Crippen LogP) is 12.1. The van der Waals surface area contributed by atoms with Crippen LogP contribution in [0.3, 0.4) is 0 Å². The number of hydrogen-bond acceptors (Lipinski definition) is 8. The fourth-order valence-electron chi connectivity index (χ4n) is 18.7. The molecule has 0 radical (unpaired) electrons. The fraction of sp³-hybridized carbons (Fsp3) is 1.00. The summed E-state index contributed by atoms with van der Waals surface area (Å²) < 4.78 is 9.86. The van der Waals surface area contributed by atoms with E-state index in [0.29, 0.717) is 54.5 Å². The summed E-state index contributed by atoms with van der Waals surface area (Å²) in [7, 11) is -2.95. The molecular formula is C49H118Al4B6N8Si4. The monoisotopic (exact) mass is 1100 g/mol. The lowest BCUT2D eigenvalue weighted by molar-refractivity contribution is 0.127. The molecule has 7 saturated heterocycles. The number of nitrogens with one attached hydrogen (secondary N) is 4. The Balaban J connectivity index is 0.000000206. The number of nitrogens with zero attached hydrogens (tertiary/aromatic N) is 4. The van der Waals surface area contributed by atoms with Gasteiger partial charge in [-0.15, -0.1) is 21.9 Å². The molecule has 0 aromatic rings. The second-order valence-electron chi connectivity index (χ2n) is 33.1. The molecule has 22 heteroatoms. The van der Waals surface area contributed by atoms with E-state index >= 15 is 0 Å². The van der Waals surface area contributed by atoms with Gasteiger partial charge < -0.3 is 33.9 Å². The van der Waals surface area contributed by atoms with Gasteiger partial charge in [0.1, 0.15) is 39.7 Å². The van der Waals surface area contributed by atoms with Crippen molar-refractivity contribution in [3.05, 3.63) is 0 Å². The average Bonchev–Trinajstić information content (AvgIpc) is 3.06. The second-order valence-corrected chi connectivity index (χ2v) is 67.7. The van der Waals surface area contributed by atoms with E-state index in [4.69, 9.17) is 0 Å². The highest BCUT2D eigenvalue weighted by Gasteiger charge is 2.78. The van der Waals surface area contributed by atoms with Crippen LogP contribution in [0, 0.1) is 5.92 Å². The van der Waals surface area contributed by atoms with Gasteiger partial charge in [-0.1, -0.05) is 180 Å². The first-order valence-electron chi connectivity index (χ1n) is 29.7. The molecule has 0 aliphatic carbocycles.